The zero-order valence-electron chi connectivity index (χ0n) is 9.10. The number of hydrogen-bond donors (Lipinski definition) is 0. The molecular weight excluding hydrogens is 200 g/mol. The largest absolute Gasteiger partial charge is 0.347 e. The number of aldehydes is 1. The Kier molecular flexibility index (Phi) is 2.74. The molecule has 0 saturated heterocycles. The van der Waals surface area contributed by atoms with Gasteiger partial charge in [0.2, 0.25) is 0 Å². The van der Waals surface area contributed by atoms with E-state index in [4.69, 9.17) is 5.26 Å². The van der Waals surface area contributed by atoms with Crippen molar-refractivity contribution < 1.29 is 4.79 Å². The standard InChI is InChI=1S/C13H12N2O/c1-2-5-15-8-11(9-16)12-6-10(7-14)3-4-13(12)15/h3-4,6,8-9H,2,5H2,1H3. The molecule has 1 heterocycles. The number of carbonyl (C=O) groups is 1. The van der Waals surface area contributed by atoms with Gasteiger partial charge in [0, 0.05) is 29.2 Å². The van der Waals surface area contributed by atoms with Crippen molar-refractivity contribution in [3.05, 3.63) is 35.5 Å². The van der Waals surface area contributed by atoms with Crippen LogP contribution in [0, 0.1) is 11.3 Å². The predicted molar refractivity (Wildman–Crippen MR) is 62.3 cm³/mol. The summed E-state index contributed by atoms with van der Waals surface area (Å²) in [5.74, 6) is 0. The average molecular weight is 212 g/mol. The lowest BCUT2D eigenvalue weighted by molar-refractivity contribution is 0.112. The van der Waals surface area contributed by atoms with E-state index in [0.717, 1.165) is 30.2 Å². The van der Waals surface area contributed by atoms with E-state index in [1.165, 1.54) is 0 Å². The van der Waals surface area contributed by atoms with Gasteiger partial charge in [-0.1, -0.05) is 6.92 Å². The first-order valence-electron chi connectivity index (χ1n) is 5.28. The molecule has 16 heavy (non-hydrogen) atoms. The van der Waals surface area contributed by atoms with Crippen molar-refractivity contribution in [2.75, 3.05) is 0 Å². The number of fused-ring (bicyclic) bond motifs is 1. The van der Waals surface area contributed by atoms with E-state index in [0.29, 0.717) is 11.1 Å². The molecule has 0 aliphatic rings. The minimum absolute atomic E-state index is 0.588. The maximum Gasteiger partial charge on any atom is 0.152 e. The number of nitriles is 1. The lowest BCUT2D eigenvalue weighted by atomic mass is 10.1. The van der Waals surface area contributed by atoms with Crippen molar-refractivity contribution in [3.8, 4) is 6.07 Å². The summed E-state index contributed by atoms with van der Waals surface area (Å²) in [4.78, 5) is 10.9. The summed E-state index contributed by atoms with van der Waals surface area (Å²) in [7, 11) is 0. The molecule has 0 aliphatic carbocycles. The maximum absolute atomic E-state index is 10.9. The summed E-state index contributed by atoms with van der Waals surface area (Å²) in [5, 5.41) is 9.69. The fourth-order valence-corrected chi connectivity index (χ4v) is 1.91. The number of aromatic nitrogens is 1. The molecule has 0 N–H and O–H groups in total. The van der Waals surface area contributed by atoms with Crippen LogP contribution in [0.15, 0.2) is 24.4 Å². The number of nitrogens with zero attached hydrogens (tertiary/aromatic N) is 2. The summed E-state index contributed by atoms with van der Waals surface area (Å²) in [6, 6.07) is 7.54. The predicted octanol–water partition coefficient (Wildman–Crippen LogP) is 2.74. The molecule has 80 valence electrons. The van der Waals surface area contributed by atoms with Crippen molar-refractivity contribution in [1.29, 1.82) is 5.26 Å². The quantitative estimate of drug-likeness (QED) is 0.734. The zero-order valence-corrected chi connectivity index (χ0v) is 9.10. The highest BCUT2D eigenvalue weighted by molar-refractivity contribution is 5.98. The Labute approximate surface area is 93.9 Å². The molecule has 0 saturated carbocycles. The van der Waals surface area contributed by atoms with Crippen molar-refractivity contribution in [1.82, 2.24) is 4.57 Å². The van der Waals surface area contributed by atoms with Crippen LogP contribution in [-0.2, 0) is 6.54 Å². The van der Waals surface area contributed by atoms with E-state index in [-0.39, 0.29) is 0 Å². The van der Waals surface area contributed by atoms with Gasteiger partial charge < -0.3 is 4.57 Å². The lowest BCUT2D eigenvalue weighted by Crippen LogP contribution is -1.93. The molecule has 0 fully saturated rings. The summed E-state index contributed by atoms with van der Waals surface area (Å²) in [6.45, 7) is 2.98. The average Bonchev–Trinajstić information content (AvgIpc) is 2.67. The minimum atomic E-state index is 0.588. The Hall–Kier alpha value is -2.08. The third-order valence-corrected chi connectivity index (χ3v) is 2.63. The van der Waals surface area contributed by atoms with Crippen LogP contribution in [0.4, 0.5) is 0 Å². The molecule has 2 rings (SSSR count). The maximum atomic E-state index is 10.9. The molecule has 0 spiro atoms. The molecule has 3 heteroatoms. The first kappa shape index (κ1) is 10.4. The molecule has 0 unspecified atom stereocenters. The fraction of sp³-hybridized carbons (Fsp3) is 0.231. The summed E-state index contributed by atoms with van der Waals surface area (Å²) < 4.78 is 2.06. The van der Waals surface area contributed by atoms with Crippen molar-refractivity contribution in [2.45, 2.75) is 19.9 Å². The van der Waals surface area contributed by atoms with Gasteiger partial charge in [-0.15, -0.1) is 0 Å². The molecule has 0 bridgehead atoms. The van der Waals surface area contributed by atoms with Gasteiger partial charge in [0.15, 0.2) is 6.29 Å². The number of hydrogen-bond acceptors (Lipinski definition) is 2. The number of benzene rings is 1. The van der Waals surface area contributed by atoms with E-state index < -0.39 is 0 Å². The van der Waals surface area contributed by atoms with Gasteiger partial charge in [-0.25, -0.2) is 0 Å². The van der Waals surface area contributed by atoms with Gasteiger partial charge in [-0.3, -0.25) is 4.79 Å². The molecule has 1 aromatic heterocycles. The molecule has 3 nitrogen and oxygen atoms in total. The second kappa shape index (κ2) is 4.19. The highest BCUT2D eigenvalue weighted by atomic mass is 16.1. The lowest BCUT2D eigenvalue weighted by Gasteiger charge is -2.01. The summed E-state index contributed by atoms with van der Waals surface area (Å²) >= 11 is 0. The van der Waals surface area contributed by atoms with Crippen molar-refractivity contribution in [3.63, 3.8) is 0 Å². The van der Waals surface area contributed by atoms with Crippen LogP contribution < -0.4 is 0 Å². The van der Waals surface area contributed by atoms with Crippen LogP contribution in [0.2, 0.25) is 0 Å². The molecule has 0 amide bonds. The molecular formula is C13H12N2O. The van der Waals surface area contributed by atoms with Crippen LogP contribution in [0.25, 0.3) is 10.9 Å². The van der Waals surface area contributed by atoms with E-state index in [2.05, 4.69) is 17.6 Å². The van der Waals surface area contributed by atoms with Gasteiger partial charge in [0.05, 0.1) is 11.6 Å². The number of aryl methyl sites for hydroxylation is 1. The fourth-order valence-electron chi connectivity index (χ4n) is 1.91. The molecule has 2 aromatic rings. The van der Waals surface area contributed by atoms with E-state index >= 15 is 0 Å². The topological polar surface area (TPSA) is 45.8 Å². The first-order valence-corrected chi connectivity index (χ1v) is 5.28. The molecule has 0 radical (unpaired) electrons. The SMILES string of the molecule is CCCn1cc(C=O)c2cc(C#N)ccc21. The number of rotatable bonds is 3. The van der Waals surface area contributed by atoms with Crippen LogP contribution in [-0.4, -0.2) is 10.9 Å². The van der Waals surface area contributed by atoms with Gasteiger partial charge >= 0.3 is 0 Å². The van der Waals surface area contributed by atoms with Crippen LogP contribution in [0.5, 0.6) is 0 Å². The van der Waals surface area contributed by atoms with Crippen molar-refractivity contribution >= 4 is 17.2 Å². The second-order valence-corrected chi connectivity index (χ2v) is 3.74. The third kappa shape index (κ3) is 1.59. The Balaban J connectivity index is 2.70. The number of carbonyl (C=O) groups excluding carboxylic acids is 1. The zero-order chi connectivity index (χ0) is 11.5. The van der Waals surface area contributed by atoms with Gasteiger partial charge in [-0.05, 0) is 24.6 Å². The first-order chi connectivity index (χ1) is 7.80. The Morgan fingerprint density at radius 2 is 2.31 bits per heavy atom. The third-order valence-electron chi connectivity index (χ3n) is 2.63. The van der Waals surface area contributed by atoms with Gasteiger partial charge in [-0.2, -0.15) is 5.26 Å². The van der Waals surface area contributed by atoms with E-state index in [1.807, 2.05) is 12.3 Å². The second-order valence-electron chi connectivity index (χ2n) is 3.74. The molecule has 0 aliphatic heterocycles. The Bertz CT molecular complexity index is 575. The highest BCUT2D eigenvalue weighted by Gasteiger charge is 2.07. The monoisotopic (exact) mass is 212 g/mol. The van der Waals surface area contributed by atoms with E-state index in [9.17, 15) is 4.79 Å². The van der Waals surface area contributed by atoms with Gasteiger partial charge in [0.25, 0.3) is 0 Å². The van der Waals surface area contributed by atoms with Gasteiger partial charge in [0.1, 0.15) is 0 Å². The molecule has 1 aromatic carbocycles. The Morgan fingerprint density at radius 3 is 2.94 bits per heavy atom. The normalized spacial score (nSPS) is 10.2. The van der Waals surface area contributed by atoms with E-state index in [1.54, 1.807) is 12.1 Å². The molecule has 0 atom stereocenters. The van der Waals surface area contributed by atoms with Crippen LogP contribution in [0.1, 0.15) is 29.3 Å². The summed E-state index contributed by atoms with van der Waals surface area (Å²) in [5.41, 5.74) is 2.26. The van der Waals surface area contributed by atoms with Crippen LogP contribution >= 0.6 is 0 Å². The van der Waals surface area contributed by atoms with Crippen LogP contribution in [0.3, 0.4) is 0 Å². The smallest absolute Gasteiger partial charge is 0.152 e. The summed E-state index contributed by atoms with van der Waals surface area (Å²) in [6.07, 6.45) is 3.71. The van der Waals surface area contributed by atoms with Crippen molar-refractivity contribution in [2.24, 2.45) is 0 Å². The minimum Gasteiger partial charge on any atom is -0.347 e. The highest BCUT2D eigenvalue weighted by Crippen LogP contribution is 2.21. The Morgan fingerprint density at radius 1 is 1.50 bits per heavy atom.